The van der Waals surface area contributed by atoms with Crippen LogP contribution in [-0.2, 0) is 32.2 Å². The zero-order chi connectivity index (χ0) is 36.1. The number of unbranched alkanes of at least 4 members (excludes halogenated alkanes) is 2. The summed E-state index contributed by atoms with van der Waals surface area (Å²) in [4.78, 5) is 37.1. The van der Waals surface area contributed by atoms with Gasteiger partial charge in [-0.1, -0.05) is 79.2 Å². The van der Waals surface area contributed by atoms with Crippen molar-refractivity contribution in [3.8, 4) is 11.1 Å². The van der Waals surface area contributed by atoms with Crippen molar-refractivity contribution in [3.05, 3.63) is 114 Å². The first-order valence-corrected chi connectivity index (χ1v) is 18.4. The molecule has 1 aromatic heterocycles. The summed E-state index contributed by atoms with van der Waals surface area (Å²) >= 11 is 0. The molecule has 3 aromatic carbocycles. The number of nitrogens with zero attached hydrogens (tertiary/aromatic N) is 4. The topological polar surface area (TPSA) is 129 Å². The molecule has 11 heteroatoms. The molecule has 274 valence electrons. The Bertz CT molecular complexity index is 1710. The van der Waals surface area contributed by atoms with Gasteiger partial charge in [0.15, 0.2) is 6.29 Å². The number of aromatic nitrogens is 2. The molecule has 6 rings (SSSR count). The molecular weight excluding hydrogens is 656 g/mol. The van der Waals surface area contributed by atoms with E-state index in [4.69, 9.17) is 9.47 Å². The van der Waals surface area contributed by atoms with Gasteiger partial charge in [0.2, 0.25) is 17.8 Å². The lowest BCUT2D eigenvalue weighted by molar-refractivity contribution is -0.253. The number of aliphatic hydroxyl groups excluding tert-OH is 1. The summed E-state index contributed by atoms with van der Waals surface area (Å²) in [5, 5.41) is 15.5. The number of ether oxygens (including phenoxy) is 2. The van der Waals surface area contributed by atoms with E-state index in [1.54, 1.807) is 12.4 Å². The molecule has 0 bridgehead atoms. The summed E-state index contributed by atoms with van der Waals surface area (Å²) in [7, 11) is 0. The second-order valence-electron chi connectivity index (χ2n) is 13.5. The van der Waals surface area contributed by atoms with Crippen LogP contribution in [0, 0.1) is 0 Å². The van der Waals surface area contributed by atoms with Crippen LogP contribution >= 0.6 is 0 Å². The summed E-state index contributed by atoms with van der Waals surface area (Å²) in [6.07, 6.45) is 6.57. The van der Waals surface area contributed by atoms with Gasteiger partial charge in [0.05, 0.1) is 18.8 Å². The molecule has 4 aromatic rings. The molecule has 2 aliphatic heterocycles. The van der Waals surface area contributed by atoms with Crippen molar-refractivity contribution in [3.63, 3.8) is 0 Å². The molecular formula is C41H50N6O5. The Morgan fingerprint density at radius 2 is 1.56 bits per heavy atom. The minimum atomic E-state index is -0.540. The first-order valence-electron chi connectivity index (χ1n) is 18.4. The number of hydrogen-bond donors (Lipinski definition) is 3. The van der Waals surface area contributed by atoms with Crippen molar-refractivity contribution in [1.82, 2.24) is 25.5 Å². The molecule has 2 saturated heterocycles. The van der Waals surface area contributed by atoms with Crippen LogP contribution < -0.4 is 15.5 Å². The molecule has 2 aliphatic rings. The van der Waals surface area contributed by atoms with Crippen LogP contribution in [0.4, 0.5) is 5.95 Å². The quantitative estimate of drug-likeness (QED) is 0.141. The van der Waals surface area contributed by atoms with Gasteiger partial charge < -0.3 is 30.1 Å². The van der Waals surface area contributed by atoms with Gasteiger partial charge in [-0.05, 0) is 46.7 Å². The highest BCUT2D eigenvalue weighted by atomic mass is 16.7. The summed E-state index contributed by atoms with van der Waals surface area (Å²) in [6, 6.07) is 26.3. The summed E-state index contributed by atoms with van der Waals surface area (Å²) in [5.74, 6) is 0.773. The van der Waals surface area contributed by atoms with Crippen molar-refractivity contribution < 1.29 is 24.2 Å². The van der Waals surface area contributed by atoms with Gasteiger partial charge in [0.25, 0.3) is 0 Å². The molecule has 0 saturated carbocycles. The number of amides is 2. The van der Waals surface area contributed by atoms with Crippen molar-refractivity contribution in [2.75, 3.05) is 44.2 Å². The Kier molecular flexibility index (Phi) is 13.3. The standard InChI is InChI=1S/C41H50N6O5/c1-30(49)42-19-6-2-3-10-39(50)45-27-35-8-4-5-9-37(35)32-15-17-34(18-16-32)40-51-36(26-38(52-40)33-13-11-31(29-48)12-14-33)28-46-22-24-47(25-23-46)41-43-20-7-21-44-41/h4-5,7-9,11-18,20-21,36,38,40,48H,2-3,6,10,19,22-29H2,1H3,(H,42,49)(H,45,50)/t36-,38+,40+/m1/s1. The maximum absolute atomic E-state index is 12.6. The summed E-state index contributed by atoms with van der Waals surface area (Å²) < 4.78 is 13.3. The van der Waals surface area contributed by atoms with Gasteiger partial charge in [-0.15, -0.1) is 0 Å². The van der Waals surface area contributed by atoms with E-state index < -0.39 is 6.29 Å². The Morgan fingerprint density at radius 1 is 0.827 bits per heavy atom. The highest BCUT2D eigenvalue weighted by Crippen LogP contribution is 2.39. The second-order valence-corrected chi connectivity index (χ2v) is 13.5. The van der Waals surface area contributed by atoms with E-state index in [1.807, 2.05) is 48.5 Å². The van der Waals surface area contributed by atoms with Gasteiger partial charge >= 0.3 is 0 Å². The highest BCUT2D eigenvalue weighted by molar-refractivity contribution is 5.76. The summed E-state index contributed by atoms with van der Waals surface area (Å²) in [6.45, 7) is 6.91. The smallest absolute Gasteiger partial charge is 0.225 e. The highest BCUT2D eigenvalue weighted by Gasteiger charge is 2.34. The van der Waals surface area contributed by atoms with Crippen LogP contribution in [0.5, 0.6) is 0 Å². The Morgan fingerprint density at radius 3 is 2.29 bits per heavy atom. The predicted molar refractivity (Wildman–Crippen MR) is 200 cm³/mol. The van der Waals surface area contributed by atoms with Crippen LogP contribution in [0.2, 0.25) is 0 Å². The van der Waals surface area contributed by atoms with Gasteiger partial charge in [-0.3, -0.25) is 14.5 Å². The lowest BCUT2D eigenvalue weighted by atomic mass is 9.97. The average Bonchev–Trinajstić information content (AvgIpc) is 3.19. The Balaban J connectivity index is 1.09. The molecule has 2 fully saturated rings. The molecule has 3 heterocycles. The maximum atomic E-state index is 12.6. The third kappa shape index (κ3) is 10.4. The first kappa shape index (κ1) is 37.1. The fourth-order valence-corrected chi connectivity index (χ4v) is 6.82. The normalized spacial score (nSPS) is 19.3. The molecule has 3 atom stereocenters. The third-order valence-electron chi connectivity index (χ3n) is 9.73. The van der Waals surface area contributed by atoms with Crippen LogP contribution in [0.3, 0.4) is 0 Å². The van der Waals surface area contributed by atoms with Crippen LogP contribution in [0.15, 0.2) is 91.3 Å². The van der Waals surface area contributed by atoms with Crippen molar-refractivity contribution in [1.29, 1.82) is 0 Å². The van der Waals surface area contributed by atoms with E-state index >= 15 is 0 Å². The lowest BCUT2D eigenvalue weighted by Crippen LogP contribution is -2.50. The van der Waals surface area contributed by atoms with Crippen molar-refractivity contribution >= 4 is 17.8 Å². The van der Waals surface area contributed by atoms with Crippen molar-refractivity contribution in [2.24, 2.45) is 0 Å². The average molecular weight is 707 g/mol. The monoisotopic (exact) mass is 706 g/mol. The van der Waals surface area contributed by atoms with E-state index in [1.165, 1.54) is 6.92 Å². The zero-order valence-corrected chi connectivity index (χ0v) is 30.0. The first-order chi connectivity index (χ1) is 25.4. The van der Waals surface area contributed by atoms with Gasteiger partial charge in [0, 0.05) is 83.5 Å². The van der Waals surface area contributed by atoms with Gasteiger partial charge in [-0.2, -0.15) is 0 Å². The van der Waals surface area contributed by atoms with E-state index in [9.17, 15) is 14.7 Å². The molecule has 11 nitrogen and oxygen atoms in total. The molecule has 0 radical (unpaired) electrons. The van der Waals surface area contributed by atoms with Gasteiger partial charge in [0.1, 0.15) is 0 Å². The van der Waals surface area contributed by atoms with E-state index in [-0.39, 0.29) is 30.6 Å². The molecule has 3 N–H and O–H groups in total. The number of aliphatic hydroxyl groups is 1. The maximum Gasteiger partial charge on any atom is 0.225 e. The largest absolute Gasteiger partial charge is 0.392 e. The number of rotatable bonds is 15. The van der Waals surface area contributed by atoms with Crippen molar-refractivity contribution in [2.45, 2.75) is 70.7 Å². The van der Waals surface area contributed by atoms with E-state index in [2.05, 4.69) is 60.7 Å². The number of hydrogen-bond acceptors (Lipinski definition) is 9. The SMILES string of the molecule is CC(=O)NCCCCCC(=O)NCc1ccccc1-c1ccc([C@H]2O[C@@H](CN3CCN(c4ncccn4)CC3)C[C@@H](c3ccc(CO)cc3)O2)cc1. The predicted octanol–water partition coefficient (Wildman–Crippen LogP) is 5.32. The number of piperazine rings is 1. The molecule has 0 unspecified atom stereocenters. The second kappa shape index (κ2) is 18.7. The fourth-order valence-electron chi connectivity index (χ4n) is 6.82. The number of nitrogens with one attached hydrogen (secondary N) is 2. The Labute approximate surface area is 306 Å². The number of carbonyl (C=O) groups excluding carboxylic acids is 2. The third-order valence-corrected chi connectivity index (χ3v) is 9.73. The minimum Gasteiger partial charge on any atom is -0.392 e. The molecule has 0 aliphatic carbocycles. The number of anilines is 1. The molecule has 2 amide bonds. The van der Waals surface area contributed by atoms with Gasteiger partial charge in [-0.25, -0.2) is 9.97 Å². The number of carbonyl (C=O) groups is 2. The zero-order valence-electron chi connectivity index (χ0n) is 30.0. The Hall–Kier alpha value is -4.68. The number of benzene rings is 3. The van der Waals surface area contributed by atoms with E-state index in [0.717, 1.165) is 97.7 Å². The molecule has 52 heavy (non-hydrogen) atoms. The fraction of sp³-hybridized carbons (Fsp3) is 0.415. The van der Waals surface area contributed by atoms with Crippen LogP contribution in [0.1, 0.15) is 73.7 Å². The van der Waals surface area contributed by atoms with E-state index in [0.29, 0.717) is 19.5 Å². The molecule has 0 spiro atoms. The minimum absolute atomic E-state index is 0.00410. The van der Waals surface area contributed by atoms with Crippen LogP contribution in [0.25, 0.3) is 11.1 Å². The summed E-state index contributed by atoms with van der Waals surface area (Å²) in [5.41, 5.74) is 6.05. The van der Waals surface area contributed by atoms with Crippen LogP contribution in [-0.4, -0.2) is 77.2 Å². The lowest BCUT2D eigenvalue weighted by Gasteiger charge is -2.40.